The summed E-state index contributed by atoms with van der Waals surface area (Å²) in [5.74, 6) is 0.544. The molecule has 2 aromatic carbocycles. The number of benzene rings is 2. The van der Waals surface area contributed by atoms with E-state index < -0.39 is 5.25 Å². The van der Waals surface area contributed by atoms with Gasteiger partial charge >= 0.3 is 0 Å². The average Bonchev–Trinajstić information content (AvgIpc) is 3.15. The topological polar surface area (TPSA) is 68.5 Å². The van der Waals surface area contributed by atoms with Gasteiger partial charge in [-0.05, 0) is 29.8 Å². The van der Waals surface area contributed by atoms with Gasteiger partial charge in [-0.25, -0.2) is 0 Å². The maximum absolute atomic E-state index is 13.1. The first-order valence-electron chi connectivity index (χ1n) is 8.71. The minimum atomic E-state index is -0.486. The summed E-state index contributed by atoms with van der Waals surface area (Å²) in [6.45, 7) is 0. The van der Waals surface area contributed by atoms with Crippen molar-refractivity contribution in [2.75, 3.05) is 12.4 Å². The zero-order valence-electron chi connectivity index (χ0n) is 15.1. The number of methoxy groups -OCH3 is 1. The van der Waals surface area contributed by atoms with Gasteiger partial charge in [0.25, 0.3) is 0 Å². The van der Waals surface area contributed by atoms with Gasteiger partial charge in [0.15, 0.2) is 10.8 Å². The van der Waals surface area contributed by atoms with Gasteiger partial charge in [-0.15, -0.1) is 10.2 Å². The van der Waals surface area contributed by atoms with Crippen LogP contribution < -0.4 is 10.1 Å². The number of amides is 1. The van der Waals surface area contributed by atoms with Gasteiger partial charge in [0.1, 0.15) is 11.0 Å². The quantitative estimate of drug-likeness (QED) is 0.500. The van der Waals surface area contributed by atoms with Crippen molar-refractivity contribution < 1.29 is 9.53 Å². The molecule has 0 aliphatic rings. The van der Waals surface area contributed by atoms with Gasteiger partial charge in [-0.3, -0.25) is 9.20 Å². The lowest BCUT2D eigenvalue weighted by Gasteiger charge is -2.16. The smallest absolute Gasteiger partial charge is 0.242 e. The first-order chi connectivity index (χ1) is 13.7. The first-order valence-corrected chi connectivity index (χ1v) is 9.59. The van der Waals surface area contributed by atoms with Gasteiger partial charge in [0, 0.05) is 18.0 Å². The molecule has 140 valence electrons. The second-order valence-corrected chi connectivity index (χ2v) is 7.11. The van der Waals surface area contributed by atoms with Crippen LogP contribution in [0.15, 0.2) is 84.1 Å². The Bertz CT molecular complexity index is 1100. The highest BCUT2D eigenvalue weighted by atomic mass is 32.2. The minimum Gasteiger partial charge on any atom is -0.497 e. The highest BCUT2D eigenvalue weighted by molar-refractivity contribution is 8.00. The van der Waals surface area contributed by atoms with E-state index in [9.17, 15) is 4.79 Å². The molecule has 0 aliphatic heterocycles. The molecule has 0 spiro atoms. The number of nitrogens with zero attached hydrogens (tertiary/aromatic N) is 3. The van der Waals surface area contributed by atoms with Crippen LogP contribution in [0.1, 0.15) is 10.8 Å². The lowest BCUT2D eigenvalue weighted by molar-refractivity contribution is -0.115. The number of hydrogen-bond donors (Lipinski definition) is 1. The number of carbonyl (C=O) groups excluding carboxylic acids is 1. The third-order valence-electron chi connectivity index (χ3n) is 4.18. The molecule has 4 rings (SSSR count). The van der Waals surface area contributed by atoms with Gasteiger partial charge < -0.3 is 10.1 Å². The molecule has 0 saturated heterocycles. The molecule has 2 heterocycles. The standard InChI is InChI=1S/C21H18N4O2S/c1-27-17-11-7-10-16(14-17)22-20(26)19(15-8-3-2-4-9-15)28-21-24-23-18-12-5-6-13-25(18)21/h2-14,19H,1H3,(H,22,26)/t19-/m0/s1. The molecule has 1 N–H and O–H groups in total. The van der Waals surface area contributed by atoms with Crippen LogP contribution in [0.3, 0.4) is 0 Å². The molecule has 0 saturated carbocycles. The molecule has 2 aromatic heterocycles. The maximum atomic E-state index is 13.1. The molecular formula is C21H18N4O2S. The number of aromatic nitrogens is 3. The summed E-state index contributed by atoms with van der Waals surface area (Å²) in [5.41, 5.74) is 2.31. The van der Waals surface area contributed by atoms with E-state index in [1.165, 1.54) is 11.8 Å². The Balaban J connectivity index is 1.64. The number of ether oxygens (including phenoxy) is 1. The van der Waals surface area contributed by atoms with Crippen LogP contribution in [0, 0.1) is 0 Å². The Hall–Kier alpha value is -3.32. The third-order valence-corrected chi connectivity index (χ3v) is 5.39. The fourth-order valence-electron chi connectivity index (χ4n) is 2.81. The Kier molecular flexibility index (Phi) is 5.25. The molecule has 4 aromatic rings. The lowest BCUT2D eigenvalue weighted by Crippen LogP contribution is -2.19. The summed E-state index contributed by atoms with van der Waals surface area (Å²) in [5, 5.41) is 11.6. The second-order valence-electron chi connectivity index (χ2n) is 6.04. The molecule has 7 heteroatoms. The molecule has 28 heavy (non-hydrogen) atoms. The van der Waals surface area contributed by atoms with Crippen LogP contribution in [-0.2, 0) is 4.79 Å². The van der Waals surface area contributed by atoms with Crippen molar-refractivity contribution in [3.05, 3.63) is 84.6 Å². The van der Waals surface area contributed by atoms with Gasteiger partial charge in [-0.1, -0.05) is 54.2 Å². The van der Waals surface area contributed by atoms with Crippen molar-refractivity contribution in [2.45, 2.75) is 10.4 Å². The van der Waals surface area contributed by atoms with E-state index in [2.05, 4.69) is 15.5 Å². The van der Waals surface area contributed by atoms with Crippen molar-refractivity contribution in [3.63, 3.8) is 0 Å². The average molecular weight is 390 g/mol. The lowest BCUT2D eigenvalue weighted by atomic mass is 10.1. The molecule has 0 bridgehead atoms. The summed E-state index contributed by atoms with van der Waals surface area (Å²) in [4.78, 5) is 13.1. The summed E-state index contributed by atoms with van der Waals surface area (Å²) >= 11 is 1.36. The van der Waals surface area contributed by atoms with Crippen molar-refractivity contribution in [1.82, 2.24) is 14.6 Å². The summed E-state index contributed by atoms with van der Waals surface area (Å²) in [7, 11) is 1.60. The predicted octanol–water partition coefficient (Wildman–Crippen LogP) is 4.21. The van der Waals surface area contributed by atoms with Crippen molar-refractivity contribution in [3.8, 4) is 5.75 Å². The van der Waals surface area contributed by atoms with E-state index in [4.69, 9.17) is 4.74 Å². The van der Waals surface area contributed by atoms with Crippen molar-refractivity contribution in [1.29, 1.82) is 0 Å². The zero-order valence-corrected chi connectivity index (χ0v) is 16.0. The second kappa shape index (κ2) is 8.14. The van der Waals surface area contributed by atoms with Crippen molar-refractivity contribution >= 4 is 29.0 Å². The van der Waals surface area contributed by atoms with Crippen LogP contribution in [0.4, 0.5) is 5.69 Å². The monoisotopic (exact) mass is 390 g/mol. The van der Waals surface area contributed by atoms with Gasteiger partial charge in [0.05, 0.1) is 7.11 Å². The molecule has 0 fully saturated rings. The van der Waals surface area contributed by atoms with Crippen LogP contribution >= 0.6 is 11.8 Å². The summed E-state index contributed by atoms with van der Waals surface area (Å²) in [6, 6.07) is 22.6. The van der Waals surface area contributed by atoms with Gasteiger partial charge in [-0.2, -0.15) is 0 Å². The van der Waals surface area contributed by atoms with Crippen LogP contribution in [0.25, 0.3) is 5.65 Å². The first kappa shape index (κ1) is 18.1. The molecule has 1 atom stereocenters. The molecule has 0 unspecified atom stereocenters. The summed E-state index contributed by atoms with van der Waals surface area (Å²) in [6.07, 6.45) is 1.89. The number of anilines is 1. The van der Waals surface area contributed by atoms with E-state index in [-0.39, 0.29) is 5.91 Å². The summed E-state index contributed by atoms with van der Waals surface area (Å²) < 4.78 is 7.11. The van der Waals surface area contributed by atoms with Crippen LogP contribution in [-0.4, -0.2) is 27.6 Å². The van der Waals surface area contributed by atoms with E-state index >= 15 is 0 Å². The molecule has 6 nitrogen and oxygen atoms in total. The number of hydrogen-bond acceptors (Lipinski definition) is 5. The molecule has 0 aliphatic carbocycles. The van der Waals surface area contributed by atoms with Gasteiger partial charge in [0.2, 0.25) is 5.91 Å². The number of rotatable bonds is 6. The van der Waals surface area contributed by atoms with E-state index in [0.717, 1.165) is 11.2 Å². The van der Waals surface area contributed by atoms with E-state index in [1.54, 1.807) is 13.2 Å². The Morgan fingerprint density at radius 2 is 1.86 bits per heavy atom. The zero-order chi connectivity index (χ0) is 19.3. The molecule has 0 radical (unpaired) electrons. The fourth-order valence-corrected chi connectivity index (χ4v) is 3.84. The van der Waals surface area contributed by atoms with E-state index in [0.29, 0.717) is 16.6 Å². The number of fused-ring (bicyclic) bond motifs is 1. The van der Waals surface area contributed by atoms with E-state index in [1.807, 2.05) is 77.3 Å². The molecule has 1 amide bonds. The molecular weight excluding hydrogens is 372 g/mol. The van der Waals surface area contributed by atoms with Crippen LogP contribution in [0.5, 0.6) is 5.75 Å². The Labute approximate surface area is 166 Å². The number of thioether (sulfide) groups is 1. The van der Waals surface area contributed by atoms with Crippen molar-refractivity contribution in [2.24, 2.45) is 0 Å². The SMILES string of the molecule is COc1cccc(NC(=O)[C@@H](Sc2nnc3ccccn23)c2ccccc2)c1. The normalized spacial score (nSPS) is 11.9. The highest BCUT2D eigenvalue weighted by Gasteiger charge is 2.24. The minimum absolute atomic E-state index is 0.142. The third kappa shape index (κ3) is 3.84. The predicted molar refractivity (Wildman–Crippen MR) is 110 cm³/mol. The van der Waals surface area contributed by atoms with Crippen LogP contribution in [0.2, 0.25) is 0 Å². The Morgan fingerprint density at radius 3 is 2.68 bits per heavy atom. The number of pyridine rings is 1. The number of nitrogens with one attached hydrogen (secondary N) is 1. The fraction of sp³-hybridized carbons (Fsp3) is 0.0952. The largest absolute Gasteiger partial charge is 0.497 e. The number of carbonyl (C=O) groups is 1. The Morgan fingerprint density at radius 1 is 1.04 bits per heavy atom. The maximum Gasteiger partial charge on any atom is 0.242 e. The highest BCUT2D eigenvalue weighted by Crippen LogP contribution is 2.35.